The van der Waals surface area contributed by atoms with Crippen LogP contribution >= 0.6 is 0 Å². The standard InChI is InChI=1S/C8H16.Na.H/c1-7(2)6-8(3,4)5;;/h1,6H2,2-5H3;;/q;+1;-1. The van der Waals surface area contributed by atoms with Gasteiger partial charge in [0, 0.05) is 0 Å². The summed E-state index contributed by atoms with van der Waals surface area (Å²) in [6.45, 7) is 12.6. The minimum atomic E-state index is 0. The Morgan fingerprint density at radius 1 is 1.44 bits per heavy atom. The maximum Gasteiger partial charge on any atom is 1.00 e. The van der Waals surface area contributed by atoms with Gasteiger partial charge in [-0.25, -0.2) is 0 Å². The van der Waals surface area contributed by atoms with Crippen molar-refractivity contribution in [2.24, 2.45) is 5.41 Å². The first kappa shape index (κ1) is 12.4. The zero-order valence-corrected chi connectivity index (χ0v) is 9.41. The van der Waals surface area contributed by atoms with Crippen molar-refractivity contribution in [2.45, 2.75) is 34.1 Å². The average Bonchev–Trinajstić information content (AvgIpc) is 1.21. The van der Waals surface area contributed by atoms with E-state index >= 15 is 0 Å². The summed E-state index contributed by atoms with van der Waals surface area (Å²) in [7, 11) is 0. The van der Waals surface area contributed by atoms with Crippen molar-refractivity contribution in [1.29, 1.82) is 0 Å². The fourth-order valence-corrected chi connectivity index (χ4v) is 0.905. The number of hydrogen-bond acceptors (Lipinski definition) is 0. The molecule has 0 aliphatic heterocycles. The molecule has 0 radical (unpaired) electrons. The first-order valence-corrected chi connectivity index (χ1v) is 3.06. The number of hydrogen-bond donors (Lipinski definition) is 0. The first-order chi connectivity index (χ1) is 3.42. The molecule has 0 aliphatic rings. The minimum absolute atomic E-state index is 0. The van der Waals surface area contributed by atoms with Gasteiger partial charge in [0.1, 0.15) is 0 Å². The third-order valence-electron chi connectivity index (χ3n) is 0.832. The van der Waals surface area contributed by atoms with Gasteiger partial charge in [0.25, 0.3) is 0 Å². The van der Waals surface area contributed by atoms with E-state index in [1.54, 1.807) is 0 Å². The van der Waals surface area contributed by atoms with Gasteiger partial charge in [0.05, 0.1) is 0 Å². The molecular weight excluding hydrogens is 119 g/mol. The molecule has 9 heavy (non-hydrogen) atoms. The predicted molar refractivity (Wildman–Crippen MR) is 40.0 cm³/mol. The fourth-order valence-electron chi connectivity index (χ4n) is 0.905. The van der Waals surface area contributed by atoms with Crippen molar-refractivity contribution in [3.8, 4) is 0 Å². The molecule has 1 heteroatoms. The number of rotatable bonds is 1. The summed E-state index contributed by atoms with van der Waals surface area (Å²) < 4.78 is 0. The van der Waals surface area contributed by atoms with Crippen LogP contribution in [-0.4, -0.2) is 0 Å². The molecule has 0 nitrogen and oxygen atoms in total. The van der Waals surface area contributed by atoms with E-state index in [0.717, 1.165) is 6.42 Å². The molecule has 0 fully saturated rings. The molecule has 0 N–H and O–H groups in total. The van der Waals surface area contributed by atoms with Gasteiger partial charge >= 0.3 is 29.6 Å². The minimum Gasteiger partial charge on any atom is -1.00 e. The molecule has 0 aromatic heterocycles. The molecule has 0 heterocycles. The van der Waals surface area contributed by atoms with E-state index in [0.29, 0.717) is 5.41 Å². The summed E-state index contributed by atoms with van der Waals surface area (Å²) in [6.07, 6.45) is 1.13. The summed E-state index contributed by atoms with van der Waals surface area (Å²) in [5.41, 5.74) is 1.70. The van der Waals surface area contributed by atoms with Crippen LogP contribution in [0.1, 0.15) is 35.5 Å². The molecule has 0 aliphatic carbocycles. The van der Waals surface area contributed by atoms with Gasteiger partial charge in [-0.2, -0.15) is 0 Å². The second-order valence-electron chi connectivity index (χ2n) is 3.69. The largest absolute Gasteiger partial charge is 1.00 e. The Morgan fingerprint density at radius 3 is 1.78 bits per heavy atom. The van der Waals surface area contributed by atoms with E-state index in [9.17, 15) is 0 Å². The van der Waals surface area contributed by atoms with E-state index in [2.05, 4.69) is 34.3 Å². The van der Waals surface area contributed by atoms with Crippen molar-refractivity contribution in [1.82, 2.24) is 0 Å². The van der Waals surface area contributed by atoms with Crippen LogP contribution in [0.2, 0.25) is 0 Å². The van der Waals surface area contributed by atoms with Crippen LogP contribution in [0.25, 0.3) is 0 Å². The second kappa shape index (κ2) is 4.54. The summed E-state index contributed by atoms with van der Waals surface area (Å²) >= 11 is 0. The van der Waals surface area contributed by atoms with E-state index in [4.69, 9.17) is 0 Å². The Hall–Kier alpha value is 0.740. The Labute approximate surface area is 82.5 Å². The third kappa shape index (κ3) is 12.1. The van der Waals surface area contributed by atoms with Gasteiger partial charge in [-0.3, -0.25) is 0 Å². The van der Waals surface area contributed by atoms with E-state index in [1.807, 2.05) is 0 Å². The maximum absolute atomic E-state index is 3.84. The molecule has 0 atom stereocenters. The molecule has 0 amide bonds. The maximum atomic E-state index is 3.84. The summed E-state index contributed by atoms with van der Waals surface area (Å²) in [5.74, 6) is 0. The molecule has 0 spiro atoms. The van der Waals surface area contributed by atoms with Gasteiger partial charge in [-0.1, -0.05) is 26.3 Å². The molecule has 0 aromatic rings. The Morgan fingerprint density at radius 2 is 1.78 bits per heavy atom. The summed E-state index contributed by atoms with van der Waals surface area (Å²) in [6, 6.07) is 0. The molecule has 0 saturated heterocycles. The van der Waals surface area contributed by atoms with Crippen LogP contribution in [0.5, 0.6) is 0 Å². The molecule has 0 rings (SSSR count). The van der Waals surface area contributed by atoms with E-state index < -0.39 is 0 Å². The first-order valence-electron chi connectivity index (χ1n) is 3.06. The monoisotopic (exact) mass is 136 g/mol. The SMILES string of the molecule is C=C(C)CC(C)(C)C.[H-].[Na+]. The van der Waals surface area contributed by atoms with Gasteiger partial charge in [-0.05, 0) is 18.8 Å². The molecule has 0 saturated carbocycles. The zero-order chi connectivity index (χ0) is 6.78. The molecule has 0 unspecified atom stereocenters. The normalized spacial score (nSPS) is 10.2. The fraction of sp³-hybridized carbons (Fsp3) is 0.750. The van der Waals surface area contributed by atoms with E-state index in [1.165, 1.54) is 5.57 Å². The molecule has 0 bridgehead atoms. The van der Waals surface area contributed by atoms with Crippen molar-refractivity contribution >= 4 is 0 Å². The van der Waals surface area contributed by atoms with Crippen LogP contribution in [0, 0.1) is 5.41 Å². The average molecular weight is 136 g/mol. The van der Waals surface area contributed by atoms with Crippen molar-refractivity contribution in [3.63, 3.8) is 0 Å². The van der Waals surface area contributed by atoms with Gasteiger partial charge in [-0.15, -0.1) is 6.58 Å². The van der Waals surface area contributed by atoms with Crippen LogP contribution in [0.4, 0.5) is 0 Å². The van der Waals surface area contributed by atoms with Crippen LogP contribution < -0.4 is 29.6 Å². The van der Waals surface area contributed by atoms with Gasteiger partial charge in [0.15, 0.2) is 0 Å². The molecule has 0 aromatic carbocycles. The smallest absolute Gasteiger partial charge is 1.00 e. The molecular formula is C8H17Na. The van der Waals surface area contributed by atoms with Gasteiger partial charge in [0.2, 0.25) is 0 Å². The Kier molecular flexibility index (Phi) is 6.26. The Balaban J connectivity index is -0.000000245. The molecule has 50 valence electrons. The van der Waals surface area contributed by atoms with Crippen LogP contribution in [0.15, 0.2) is 12.2 Å². The zero-order valence-electron chi connectivity index (χ0n) is 8.41. The van der Waals surface area contributed by atoms with Gasteiger partial charge < -0.3 is 1.43 Å². The summed E-state index contributed by atoms with van der Waals surface area (Å²) in [5, 5.41) is 0. The van der Waals surface area contributed by atoms with Crippen molar-refractivity contribution in [3.05, 3.63) is 12.2 Å². The predicted octanol–water partition coefficient (Wildman–Crippen LogP) is 0.115. The van der Waals surface area contributed by atoms with Crippen LogP contribution in [-0.2, 0) is 0 Å². The second-order valence-corrected chi connectivity index (χ2v) is 3.69. The van der Waals surface area contributed by atoms with E-state index in [-0.39, 0.29) is 31.0 Å². The quantitative estimate of drug-likeness (QED) is 0.355. The van der Waals surface area contributed by atoms with Crippen molar-refractivity contribution in [2.75, 3.05) is 0 Å². The topological polar surface area (TPSA) is 0 Å². The van der Waals surface area contributed by atoms with Crippen LogP contribution in [0.3, 0.4) is 0 Å². The summed E-state index contributed by atoms with van der Waals surface area (Å²) in [4.78, 5) is 0. The van der Waals surface area contributed by atoms with Crippen molar-refractivity contribution < 1.29 is 31.0 Å². The third-order valence-corrected chi connectivity index (χ3v) is 0.832. The number of allylic oxidation sites excluding steroid dienone is 1. The Bertz CT molecular complexity index is 91.9.